The quantitative estimate of drug-likeness (QED) is 0.0724. The van der Waals surface area contributed by atoms with Crippen LogP contribution in [0.4, 0.5) is 0 Å². The lowest BCUT2D eigenvalue weighted by Crippen LogP contribution is -2.68. The number of hydrogen-bond donors (Lipinski definition) is 23. The molecular formula is C48H80N2O37S2. The van der Waals surface area contributed by atoms with Gasteiger partial charge in [-0.1, -0.05) is 0 Å². The molecule has 0 spiro atoms. The SMILES string of the molecule is N[C@H](CSCC1O[C@H]2O[C@@H]3C(CO)OC(O[C@@H]4C(CO)O[C@H](O[C@@H]5C(CO)O[C@H](O[C@@H]6C(CSC[C@@H](N)C(=O)O)O[C@@H](O[C@@H]7C(CO)O[C@@H](O[C@@H]8C(CO)OC(O[C@H]1[C@H](O)C2O)[C@@H](O)[C@H]8O)C(O)[C@H]7O)C(O)[C@H]6O)C(O)[C@H]5O)C(O)[C@H]4O)[C@@H](O)[C@H]3O)C(=O)O. The van der Waals surface area contributed by atoms with E-state index in [0.717, 1.165) is 23.5 Å². The van der Waals surface area contributed by atoms with Crippen molar-refractivity contribution < 1.29 is 183 Å². The Hall–Kier alpha value is -1.76. The molecule has 89 heavy (non-hydrogen) atoms. The summed E-state index contributed by atoms with van der Waals surface area (Å²) in [4.78, 5) is 23.2. The van der Waals surface area contributed by atoms with E-state index >= 15 is 0 Å². The van der Waals surface area contributed by atoms with Crippen LogP contribution in [0.5, 0.6) is 0 Å². The standard InChI is InChI=1S/C48H80N2O37S2/c49-10(40(70)71)6-88-8-17-38-25(62)32(69)48(80-17)85-37-16(5-55)76-44(28(65)21(37)58)83-35-14(3-53)78-46(30(67)23(35)60)87-39-18(9-89-7-11(50)41(72)73)79-47(31(68)24(39)61)84-36-15(4-54)75-43(27(64)20(36)57)81-33-12(1-51)74-42(26(63)19(33)56)82-34-13(2-52)77-45(86-38)29(66)22(34)59/h10-39,42-48,51-69H,1-9,49-50H2,(H,70,71)(H,72,73)/t10-,11-,12?,13?,14?,15?,16?,17?,18?,19-,20-,21-,22-,23-,24-,25-,26?,27+,28?,29?,30+,31?,32?,33-,34-,35-,36-,37-,38-,39-,42-,43?,44+,45-,46?,47+,48+/m1/s1. The number of aliphatic hydroxyl groups is 19. The molecule has 0 saturated carbocycles. The number of thioether (sulfide) groups is 2. The molecule has 0 aliphatic carbocycles. The number of carboxylic acids is 2. The maximum Gasteiger partial charge on any atom is 0.321 e. The van der Waals surface area contributed by atoms with Crippen LogP contribution < -0.4 is 11.5 Å². The van der Waals surface area contributed by atoms with Gasteiger partial charge in [-0.05, 0) is 0 Å². The average molecular weight is 1340 g/mol. The summed E-state index contributed by atoms with van der Waals surface area (Å²) in [5.41, 5.74) is 11.4. The van der Waals surface area contributed by atoms with Crippen molar-refractivity contribution in [3.05, 3.63) is 0 Å². The number of aliphatic hydroxyl groups excluding tert-OH is 19. The van der Waals surface area contributed by atoms with Crippen molar-refractivity contribution in [3.8, 4) is 0 Å². The second kappa shape index (κ2) is 31.9. The highest BCUT2D eigenvalue weighted by Gasteiger charge is 2.60. The molecule has 516 valence electrons. The van der Waals surface area contributed by atoms with Gasteiger partial charge in [0.25, 0.3) is 0 Å². The Morgan fingerprint density at radius 1 is 0.281 bits per heavy atom. The van der Waals surface area contributed by atoms with Crippen molar-refractivity contribution in [2.45, 2.75) is 227 Å². The molecule has 25 N–H and O–H groups in total. The molecule has 0 aromatic rings. The van der Waals surface area contributed by atoms with Gasteiger partial charge in [-0.2, -0.15) is 23.5 Å². The van der Waals surface area contributed by atoms with Gasteiger partial charge in [-0.15, -0.1) is 0 Å². The Balaban J connectivity index is 1.11. The molecule has 0 aromatic carbocycles. The zero-order chi connectivity index (χ0) is 65.2. The molecule has 21 heterocycles. The zero-order valence-corrected chi connectivity index (χ0v) is 48.3. The Kier molecular flexibility index (Phi) is 26.2. The van der Waals surface area contributed by atoms with Crippen molar-refractivity contribution in [3.63, 3.8) is 0 Å². The van der Waals surface area contributed by atoms with Gasteiger partial charge in [0.2, 0.25) is 0 Å². The average Bonchev–Trinajstić information content (AvgIpc) is 0.884. The van der Waals surface area contributed by atoms with E-state index in [4.69, 9.17) is 77.8 Å². The molecule has 21 aliphatic rings. The van der Waals surface area contributed by atoms with Crippen LogP contribution in [0.1, 0.15) is 0 Å². The van der Waals surface area contributed by atoms with Gasteiger partial charge in [0.05, 0.1) is 45.2 Å². The smallest absolute Gasteiger partial charge is 0.321 e. The highest BCUT2D eigenvalue weighted by molar-refractivity contribution is 7.99. The molecule has 37 atom stereocenters. The lowest BCUT2D eigenvalue weighted by atomic mass is 9.95. The summed E-state index contributed by atoms with van der Waals surface area (Å²) in [6, 6.07) is -2.94. The Labute approximate surface area is 511 Å². The van der Waals surface area contributed by atoms with E-state index in [1.54, 1.807) is 0 Å². The molecule has 41 heteroatoms. The van der Waals surface area contributed by atoms with Gasteiger partial charge < -0.3 is 185 Å². The van der Waals surface area contributed by atoms with Crippen molar-refractivity contribution in [2.75, 3.05) is 56.0 Å². The third-order valence-corrected chi connectivity index (χ3v) is 18.5. The lowest BCUT2D eigenvalue weighted by Gasteiger charge is -2.50. The molecular weight excluding hydrogens is 1260 g/mol. The fraction of sp³-hybridized carbons (Fsp3) is 0.958. The first-order valence-corrected chi connectivity index (χ1v) is 30.4. The van der Waals surface area contributed by atoms with E-state index < -0.39 is 284 Å². The van der Waals surface area contributed by atoms with Gasteiger partial charge in [0.1, 0.15) is 171 Å². The summed E-state index contributed by atoms with van der Waals surface area (Å²) in [5, 5.41) is 233. The van der Waals surface area contributed by atoms with Gasteiger partial charge in [-0.3, -0.25) is 9.59 Å². The molecule has 0 aromatic heterocycles. The van der Waals surface area contributed by atoms with Crippen LogP contribution in [-0.4, -0.2) is 402 Å². The van der Waals surface area contributed by atoms with Gasteiger partial charge >= 0.3 is 11.9 Å². The van der Waals surface area contributed by atoms with Gasteiger partial charge in [0.15, 0.2) is 44.0 Å². The summed E-state index contributed by atoms with van der Waals surface area (Å²) in [5.74, 6) is -4.26. The summed E-state index contributed by atoms with van der Waals surface area (Å²) in [7, 11) is 0. The van der Waals surface area contributed by atoms with E-state index in [9.17, 15) is 117 Å². The first-order valence-electron chi connectivity index (χ1n) is 28.1. The minimum atomic E-state index is -2.27. The normalized spacial score (nSPS) is 50.1. The van der Waals surface area contributed by atoms with Crippen LogP contribution in [0, 0.1) is 0 Å². The molecule has 21 saturated heterocycles. The van der Waals surface area contributed by atoms with E-state index in [-0.39, 0.29) is 11.5 Å². The largest absolute Gasteiger partial charge is 0.480 e. The van der Waals surface area contributed by atoms with Gasteiger partial charge in [-0.25, -0.2) is 0 Å². The number of ether oxygens (including phenoxy) is 14. The second-order valence-corrected chi connectivity index (χ2v) is 24.4. The van der Waals surface area contributed by atoms with E-state index in [1.165, 1.54) is 0 Å². The molecule has 14 unspecified atom stereocenters. The first-order chi connectivity index (χ1) is 42.2. The van der Waals surface area contributed by atoms with E-state index in [2.05, 4.69) is 0 Å². The van der Waals surface area contributed by atoms with Crippen LogP contribution in [0.25, 0.3) is 0 Å². The van der Waals surface area contributed by atoms with Crippen LogP contribution in [0.15, 0.2) is 0 Å². The second-order valence-electron chi connectivity index (χ2n) is 22.3. The lowest BCUT2D eigenvalue weighted by molar-refractivity contribution is -0.395. The molecule has 39 nitrogen and oxygen atoms in total. The topological polar surface area (TPSA) is 640 Å². The van der Waals surface area contributed by atoms with Crippen LogP contribution in [0.3, 0.4) is 0 Å². The molecule has 21 rings (SSSR count). The fourth-order valence-electron chi connectivity index (χ4n) is 11.2. The van der Waals surface area contributed by atoms with Crippen LogP contribution in [0.2, 0.25) is 0 Å². The van der Waals surface area contributed by atoms with E-state index in [0.29, 0.717) is 0 Å². The maximum atomic E-state index is 11.7. The Bertz CT molecular complexity index is 2200. The van der Waals surface area contributed by atoms with Gasteiger partial charge in [0, 0.05) is 23.0 Å². The number of nitrogens with two attached hydrogens (primary N) is 2. The highest BCUT2D eigenvalue weighted by atomic mass is 32.2. The number of carboxylic acid groups (broad SMARTS) is 2. The zero-order valence-electron chi connectivity index (χ0n) is 46.6. The van der Waals surface area contributed by atoms with Crippen LogP contribution >= 0.6 is 23.5 Å². The fourth-order valence-corrected chi connectivity index (χ4v) is 13.2. The van der Waals surface area contributed by atoms with Crippen molar-refractivity contribution >= 4 is 35.5 Å². The highest BCUT2D eigenvalue weighted by Crippen LogP contribution is 2.40. The molecule has 0 radical (unpaired) electrons. The number of rotatable bonds is 15. The van der Waals surface area contributed by atoms with Crippen molar-refractivity contribution in [1.82, 2.24) is 0 Å². The monoisotopic (exact) mass is 1340 g/mol. The minimum absolute atomic E-state index is 0.319. The number of aliphatic carboxylic acids is 2. The molecule has 21 fully saturated rings. The maximum absolute atomic E-state index is 11.7. The number of carbonyl (C=O) groups is 2. The summed E-state index contributed by atoms with van der Waals surface area (Å²) in [6.45, 7) is -5.43. The summed E-state index contributed by atoms with van der Waals surface area (Å²) < 4.78 is 81.6. The first kappa shape index (κ1) is 73.1. The van der Waals surface area contributed by atoms with Crippen molar-refractivity contribution in [1.29, 1.82) is 0 Å². The molecule has 0 amide bonds. The van der Waals surface area contributed by atoms with Crippen LogP contribution in [-0.2, 0) is 75.9 Å². The third-order valence-electron chi connectivity index (χ3n) is 16.2. The van der Waals surface area contributed by atoms with E-state index in [1.807, 2.05) is 0 Å². The minimum Gasteiger partial charge on any atom is -0.480 e. The summed E-state index contributed by atoms with van der Waals surface area (Å²) >= 11 is 1.60. The predicted molar refractivity (Wildman–Crippen MR) is 280 cm³/mol. The van der Waals surface area contributed by atoms with Crippen molar-refractivity contribution in [2.24, 2.45) is 11.5 Å². The summed E-state index contributed by atoms with van der Waals surface area (Å²) in [6.07, 6.45) is -71.4. The number of hydrogen-bond acceptors (Lipinski definition) is 39. The predicted octanol–water partition coefficient (Wildman–Crippen LogP) is -14.9. The molecule has 21 aliphatic heterocycles. The molecule has 14 bridgehead atoms. The third kappa shape index (κ3) is 15.9. The Morgan fingerprint density at radius 3 is 0.596 bits per heavy atom. The Morgan fingerprint density at radius 2 is 0.438 bits per heavy atom.